The first-order valence-electron chi connectivity index (χ1n) is 8.04. The predicted octanol–water partition coefficient (Wildman–Crippen LogP) is 2.61. The van der Waals surface area contributed by atoms with Crippen LogP contribution in [0.2, 0.25) is 0 Å². The van der Waals surface area contributed by atoms with Gasteiger partial charge in [-0.05, 0) is 45.4 Å². The second-order valence-electron chi connectivity index (χ2n) is 7.21. The molecule has 0 aromatic heterocycles. The Morgan fingerprint density at radius 1 is 1.04 bits per heavy atom. The predicted molar refractivity (Wildman–Crippen MR) is 101 cm³/mol. The maximum Gasteiger partial charge on any atom is 0.487 e. The van der Waals surface area contributed by atoms with E-state index in [-0.39, 0.29) is 16.1 Å². The van der Waals surface area contributed by atoms with Gasteiger partial charge < -0.3 is 14.2 Å². The molecule has 0 bridgehead atoms. The SMILES string of the molecule is CN(C)C=NS(=O)(=O)c1ccc(/C=C/B2OC(C)(C)C(C)(C)O2)cc1. The molecule has 0 atom stereocenters. The zero-order valence-corrected chi connectivity index (χ0v) is 16.4. The average molecular weight is 364 g/mol. The first-order valence-corrected chi connectivity index (χ1v) is 9.48. The van der Waals surface area contributed by atoms with E-state index in [1.807, 2.05) is 39.7 Å². The number of nitrogens with zero attached hydrogens (tertiary/aromatic N) is 2. The van der Waals surface area contributed by atoms with E-state index < -0.39 is 17.1 Å². The van der Waals surface area contributed by atoms with E-state index in [4.69, 9.17) is 9.31 Å². The molecule has 1 aliphatic rings. The monoisotopic (exact) mass is 364 g/mol. The Balaban J connectivity index is 2.09. The van der Waals surface area contributed by atoms with Crippen molar-refractivity contribution in [2.45, 2.75) is 43.8 Å². The molecule has 0 radical (unpaired) electrons. The van der Waals surface area contributed by atoms with Crippen LogP contribution in [0.3, 0.4) is 0 Å². The molecule has 6 nitrogen and oxygen atoms in total. The molecule has 1 fully saturated rings. The lowest BCUT2D eigenvalue weighted by atomic mass is 9.89. The van der Waals surface area contributed by atoms with Crippen molar-refractivity contribution in [3.05, 3.63) is 35.8 Å². The second-order valence-corrected chi connectivity index (χ2v) is 8.84. The second kappa shape index (κ2) is 6.94. The highest BCUT2D eigenvalue weighted by molar-refractivity contribution is 7.90. The van der Waals surface area contributed by atoms with Crippen LogP contribution in [0.1, 0.15) is 33.3 Å². The lowest BCUT2D eigenvalue weighted by Crippen LogP contribution is -2.41. The summed E-state index contributed by atoms with van der Waals surface area (Å²) >= 11 is 0. The van der Waals surface area contributed by atoms with Gasteiger partial charge in [-0.2, -0.15) is 8.42 Å². The van der Waals surface area contributed by atoms with E-state index in [1.165, 1.54) is 18.5 Å². The third-order valence-corrected chi connectivity index (χ3v) is 5.55. The van der Waals surface area contributed by atoms with E-state index in [1.54, 1.807) is 31.1 Å². The lowest BCUT2D eigenvalue weighted by Gasteiger charge is -2.32. The van der Waals surface area contributed by atoms with Crippen LogP contribution < -0.4 is 0 Å². The van der Waals surface area contributed by atoms with Crippen LogP contribution in [0.4, 0.5) is 0 Å². The molecule has 1 aliphatic heterocycles. The Kier molecular flexibility index (Phi) is 5.46. The molecule has 0 aliphatic carbocycles. The van der Waals surface area contributed by atoms with Crippen molar-refractivity contribution in [1.29, 1.82) is 0 Å². The van der Waals surface area contributed by atoms with Gasteiger partial charge in [0, 0.05) is 14.1 Å². The maximum atomic E-state index is 12.1. The van der Waals surface area contributed by atoms with Gasteiger partial charge >= 0.3 is 7.12 Å². The molecule has 0 amide bonds. The van der Waals surface area contributed by atoms with Crippen molar-refractivity contribution in [3.8, 4) is 0 Å². The van der Waals surface area contributed by atoms with Gasteiger partial charge in [-0.25, -0.2) is 0 Å². The molecule has 0 saturated carbocycles. The van der Waals surface area contributed by atoms with Gasteiger partial charge in [0.1, 0.15) is 6.34 Å². The zero-order chi connectivity index (χ0) is 18.9. The van der Waals surface area contributed by atoms with Gasteiger partial charge in [0.05, 0.1) is 16.1 Å². The van der Waals surface area contributed by atoms with Crippen molar-refractivity contribution in [1.82, 2.24) is 4.90 Å². The summed E-state index contributed by atoms with van der Waals surface area (Å²) in [5, 5.41) is 0. The maximum absolute atomic E-state index is 12.1. The number of rotatable bonds is 5. The third kappa shape index (κ3) is 4.71. The van der Waals surface area contributed by atoms with Crippen LogP contribution in [0, 0.1) is 0 Å². The zero-order valence-electron chi connectivity index (χ0n) is 15.6. The first kappa shape index (κ1) is 19.7. The van der Waals surface area contributed by atoms with E-state index in [0.717, 1.165) is 5.56 Å². The summed E-state index contributed by atoms with van der Waals surface area (Å²) < 4.78 is 39.5. The summed E-state index contributed by atoms with van der Waals surface area (Å²) in [6.07, 6.45) is 3.11. The largest absolute Gasteiger partial charge is 0.487 e. The number of benzene rings is 1. The Morgan fingerprint density at radius 2 is 1.56 bits per heavy atom. The highest BCUT2D eigenvalue weighted by Gasteiger charge is 2.49. The van der Waals surface area contributed by atoms with Gasteiger partial charge in [-0.3, -0.25) is 0 Å². The minimum absolute atomic E-state index is 0.151. The number of hydrogen-bond acceptors (Lipinski definition) is 4. The van der Waals surface area contributed by atoms with Crippen LogP contribution in [0.25, 0.3) is 6.08 Å². The van der Waals surface area contributed by atoms with Crippen molar-refractivity contribution in [3.63, 3.8) is 0 Å². The van der Waals surface area contributed by atoms with Gasteiger partial charge in [-0.15, -0.1) is 4.40 Å². The Hall–Kier alpha value is -1.64. The summed E-state index contributed by atoms with van der Waals surface area (Å²) in [6.45, 7) is 7.98. The lowest BCUT2D eigenvalue weighted by molar-refractivity contribution is 0.00578. The Labute approximate surface area is 150 Å². The van der Waals surface area contributed by atoms with E-state index >= 15 is 0 Å². The van der Waals surface area contributed by atoms with Gasteiger partial charge in [-0.1, -0.05) is 24.2 Å². The van der Waals surface area contributed by atoms with Gasteiger partial charge in [0.25, 0.3) is 10.0 Å². The van der Waals surface area contributed by atoms with Crippen molar-refractivity contribution in [2.75, 3.05) is 14.1 Å². The van der Waals surface area contributed by atoms with E-state index in [9.17, 15) is 8.42 Å². The summed E-state index contributed by atoms with van der Waals surface area (Å²) in [5.74, 6) is 1.82. The normalized spacial score (nSPS) is 19.8. The molecule has 0 unspecified atom stereocenters. The van der Waals surface area contributed by atoms with Crippen LogP contribution >= 0.6 is 0 Å². The van der Waals surface area contributed by atoms with Crippen LogP contribution in [-0.4, -0.2) is 52.1 Å². The molecule has 1 aromatic rings. The summed E-state index contributed by atoms with van der Waals surface area (Å²) in [7, 11) is -0.690. The number of sulfonamides is 1. The fourth-order valence-corrected chi connectivity index (χ4v) is 3.04. The fourth-order valence-electron chi connectivity index (χ4n) is 2.12. The van der Waals surface area contributed by atoms with Gasteiger partial charge in [0.2, 0.25) is 0 Å². The van der Waals surface area contributed by atoms with Crippen LogP contribution in [0.5, 0.6) is 0 Å². The highest BCUT2D eigenvalue weighted by Crippen LogP contribution is 2.37. The minimum atomic E-state index is -3.68. The van der Waals surface area contributed by atoms with Crippen LogP contribution in [-0.2, 0) is 19.3 Å². The quantitative estimate of drug-likeness (QED) is 0.456. The highest BCUT2D eigenvalue weighted by atomic mass is 32.2. The molecule has 8 heteroatoms. The minimum Gasteiger partial charge on any atom is -0.400 e. The van der Waals surface area contributed by atoms with E-state index in [0.29, 0.717) is 0 Å². The average Bonchev–Trinajstić information content (AvgIpc) is 2.71. The van der Waals surface area contributed by atoms with Crippen LogP contribution in [0.15, 0.2) is 39.5 Å². The van der Waals surface area contributed by atoms with Gasteiger partial charge in [0.15, 0.2) is 0 Å². The molecule has 0 spiro atoms. The molecule has 1 heterocycles. The molecular formula is C17H25BN2O4S. The molecular weight excluding hydrogens is 339 g/mol. The fraction of sp³-hybridized carbons (Fsp3) is 0.471. The molecule has 2 rings (SSSR count). The topological polar surface area (TPSA) is 68.2 Å². The molecule has 1 aromatic carbocycles. The Bertz CT molecular complexity index is 752. The van der Waals surface area contributed by atoms with Crippen molar-refractivity contribution in [2.24, 2.45) is 4.40 Å². The summed E-state index contributed by atoms with van der Waals surface area (Å²) in [6, 6.07) is 6.51. The molecule has 136 valence electrons. The number of hydrogen-bond donors (Lipinski definition) is 0. The van der Waals surface area contributed by atoms with E-state index in [2.05, 4.69) is 4.40 Å². The Morgan fingerprint density at radius 3 is 2.04 bits per heavy atom. The summed E-state index contributed by atoms with van der Waals surface area (Å²) in [4.78, 5) is 1.72. The standard InChI is InChI=1S/C17H25BN2O4S/c1-16(2)17(3,4)24-18(23-16)12-11-14-7-9-15(10-8-14)25(21,22)19-13-20(5)6/h7-13H,1-6H3/b12-11+,19-13?. The smallest absolute Gasteiger partial charge is 0.400 e. The van der Waals surface area contributed by atoms with Crippen molar-refractivity contribution < 1.29 is 17.7 Å². The molecule has 1 saturated heterocycles. The molecule has 0 N–H and O–H groups in total. The first-order chi connectivity index (χ1) is 11.4. The van der Waals surface area contributed by atoms with Crippen molar-refractivity contribution >= 4 is 29.6 Å². The summed E-state index contributed by atoms with van der Waals surface area (Å²) in [5.41, 5.74) is 0.0830. The molecule has 25 heavy (non-hydrogen) atoms. The third-order valence-electron chi connectivity index (χ3n) is 4.31.